The Balaban J connectivity index is 3.90. The molecule has 0 bridgehead atoms. The number of nitrogens with two attached hydrogens (primary N) is 3. The van der Waals surface area contributed by atoms with Crippen LogP contribution in [0.1, 0.15) is 25.7 Å². The molecule has 2 atom stereocenters. The molecule has 0 aromatic rings. The topological polar surface area (TPSA) is 172 Å². The maximum absolute atomic E-state index is 11.8. The average molecular weight is 287 g/mol. The summed E-state index contributed by atoms with van der Waals surface area (Å²) in [6, 6.07) is -1.23. The SMILES string of the molecule is N=C(N)NCCC[C@@H](N)C(=O)N[C@@H](C=O)CCCNN. The van der Waals surface area contributed by atoms with E-state index in [1.54, 1.807) is 0 Å². The molecule has 9 heteroatoms. The molecular formula is C11H25N7O2. The molecule has 0 aromatic heterocycles. The monoisotopic (exact) mass is 287 g/mol. The fourth-order valence-electron chi connectivity index (χ4n) is 1.56. The lowest BCUT2D eigenvalue weighted by atomic mass is 10.1. The molecule has 0 radical (unpaired) electrons. The summed E-state index contributed by atoms with van der Waals surface area (Å²) in [5.74, 6) is 4.65. The zero-order chi connectivity index (χ0) is 15.4. The third-order valence-electron chi connectivity index (χ3n) is 2.67. The van der Waals surface area contributed by atoms with Crippen LogP contribution in [0.2, 0.25) is 0 Å². The van der Waals surface area contributed by atoms with Crippen molar-refractivity contribution in [2.24, 2.45) is 17.3 Å². The van der Waals surface area contributed by atoms with Crippen molar-refractivity contribution < 1.29 is 9.59 Å². The molecule has 0 aliphatic rings. The van der Waals surface area contributed by atoms with Crippen LogP contribution in [0.4, 0.5) is 0 Å². The molecular weight excluding hydrogens is 262 g/mol. The molecule has 0 unspecified atom stereocenters. The molecule has 0 saturated heterocycles. The number of rotatable bonds is 11. The molecule has 0 spiro atoms. The van der Waals surface area contributed by atoms with Crippen LogP contribution in [0, 0.1) is 5.41 Å². The van der Waals surface area contributed by atoms with Crippen LogP contribution in [0.3, 0.4) is 0 Å². The second kappa shape index (κ2) is 11.1. The lowest BCUT2D eigenvalue weighted by Crippen LogP contribution is -2.46. The Bertz CT molecular complexity index is 311. The van der Waals surface area contributed by atoms with Gasteiger partial charge >= 0.3 is 0 Å². The van der Waals surface area contributed by atoms with E-state index in [1.165, 1.54) is 0 Å². The number of amides is 1. The van der Waals surface area contributed by atoms with Crippen LogP contribution < -0.4 is 33.4 Å². The second-order valence-corrected chi connectivity index (χ2v) is 4.44. The van der Waals surface area contributed by atoms with E-state index in [-0.39, 0.29) is 11.9 Å². The molecule has 0 heterocycles. The smallest absolute Gasteiger partial charge is 0.237 e. The van der Waals surface area contributed by atoms with Crippen molar-refractivity contribution in [3.8, 4) is 0 Å². The van der Waals surface area contributed by atoms with Crippen molar-refractivity contribution >= 4 is 18.2 Å². The predicted molar refractivity (Wildman–Crippen MR) is 76.5 cm³/mol. The zero-order valence-corrected chi connectivity index (χ0v) is 11.5. The number of hydrogen-bond donors (Lipinski definition) is 7. The van der Waals surface area contributed by atoms with Crippen LogP contribution in [-0.2, 0) is 9.59 Å². The molecule has 20 heavy (non-hydrogen) atoms. The van der Waals surface area contributed by atoms with Crippen molar-refractivity contribution in [3.05, 3.63) is 0 Å². The number of carbonyl (C=O) groups is 2. The Morgan fingerprint density at radius 2 is 1.90 bits per heavy atom. The quantitative estimate of drug-likeness (QED) is 0.0549. The summed E-state index contributed by atoms with van der Waals surface area (Å²) in [6.45, 7) is 1.05. The van der Waals surface area contributed by atoms with Gasteiger partial charge in [0.05, 0.1) is 12.1 Å². The van der Waals surface area contributed by atoms with E-state index in [0.29, 0.717) is 45.1 Å². The van der Waals surface area contributed by atoms with Gasteiger partial charge in [-0.1, -0.05) is 0 Å². The normalized spacial score (nSPS) is 13.3. The molecule has 1 amide bonds. The van der Waals surface area contributed by atoms with Gasteiger partial charge < -0.3 is 26.9 Å². The first kappa shape index (κ1) is 18.3. The summed E-state index contributed by atoms with van der Waals surface area (Å²) in [6.07, 6.45) is 2.94. The fourth-order valence-corrected chi connectivity index (χ4v) is 1.56. The van der Waals surface area contributed by atoms with Gasteiger partial charge in [0.2, 0.25) is 5.91 Å². The number of aldehydes is 1. The summed E-state index contributed by atoms with van der Waals surface area (Å²) >= 11 is 0. The van der Waals surface area contributed by atoms with E-state index in [1.807, 2.05) is 0 Å². The molecule has 0 rings (SSSR count). The Labute approximate surface area is 118 Å². The number of hydrogen-bond acceptors (Lipinski definition) is 6. The predicted octanol–water partition coefficient (Wildman–Crippen LogP) is -2.50. The Morgan fingerprint density at radius 3 is 2.45 bits per heavy atom. The third-order valence-corrected chi connectivity index (χ3v) is 2.67. The van der Waals surface area contributed by atoms with Gasteiger partial charge in [-0.15, -0.1) is 0 Å². The molecule has 9 nitrogen and oxygen atoms in total. The molecule has 0 fully saturated rings. The van der Waals surface area contributed by atoms with Crippen LogP contribution in [0.25, 0.3) is 0 Å². The van der Waals surface area contributed by atoms with E-state index in [2.05, 4.69) is 16.1 Å². The van der Waals surface area contributed by atoms with E-state index in [0.717, 1.165) is 0 Å². The van der Waals surface area contributed by atoms with Crippen molar-refractivity contribution in [2.75, 3.05) is 13.1 Å². The average Bonchev–Trinajstić information content (AvgIpc) is 2.41. The maximum atomic E-state index is 11.8. The van der Waals surface area contributed by atoms with Gasteiger partial charge in [0, 0.05) is 13.1 Å². The zero-order valence-electron chi connectivity index (χ0n) is 11.5. The summed E-state index contributed by atoms with van der Waals surface area (Å²) in [7, 11) is 0. The highest BCUT2D eigenvalue weighted by Crippen LogP contribution is 1.98. The Hall–Kier alpha value is -1.71. The van der Waals surface area contributed by atoms with Crippen molar-refractivity contribution in [1.82, 2.24) is 16.1 Å². The summed E-state index contributed by atoms with van der Waals surface area (Å²) in [5.41, 5.74) is 13.3. The van der Waals surface area contributed by atoms with Gasteiger partial charge in [-0.25, -0.2) is 0 Å². The molecule has 0 aliphatic heterocycles. The Morgan fingerprint density at radius 1 is 1.25 bits per heavy atom. The lowest BCUT2D eigenvalue weighted by molar-refractivity contribution is -0.125. The van der Waals surface area contributed by atoms with Gasteiger partial charge in [0.1, 0.15) is 6.29 Å². The van der Waals surface area contributed by atoms with Gasteiger partial charge in [-0.3, -0.25) is 21.5 Å². The van der Waals surface area contributed by atoms with Crippen molar-refractivity contribution in [1.29, 1.82) is 5.41 Å². The minimum Gasteiger partial charge on any atom is -0.370 e. The van der Waals surface area contributed by atoms with Crippen LogP contribution >= 0.6 is 0 Å². The first-order valence-electron chi connectivity index (χ1n) is 6.53. The van der Waals surface area contributed by atoms with E-state index < -0.39 is 12.1 Å². The highest BCUT2D eigenvalue weighted by Gasteiger charge is 2.17. The van der Waals surface area contributed by atoms with Crippen molar-refractivity contribution in [2.45, 2.75) is 37.8 Å². The Kier molecular flexibility index (Phi) is 10.2. The van der Waals surface area contributed by atoms with Gasteiger partial charge in [0.25, 0.3) is 0 Å². The van der Waals surface area contributed by atoms with E-state index >= 15 is 0 Å². The highest BCUT2D eigenvalue weighted by atomic mass is 16.2. The van der Waals surface area contributed by atoms with Crippen molar-refractivity contribution in [3.63, 3.8) is 0 Å². The summed E-state index contributed by atoms with van der Waals surface area (Å²) in [4.78, 5) is 22.6. The molecule has 0 aliphatic carbocycles. The van der Waals surface area contributed by atoms with E-state index in [9.17, 15) is 9.59 Å². The minimum atomic E-state index is -0.682. The first-order valence-corrected chi connectivity index (χ1v) is 6.53. The second-order valence-electron chi connectivity index (χ2n) is 4.44. The molecule has 0 aromatic carbocycles. The summed E-state index contributed by atoms with van der Waals surface area (Å²) in [5, 5.41) is 12.2. The van der Waals surface area contributed by atoms with Crippen LogP contribution in [0.15, 0.2) is 0 Å². The van der Waals surface area contributed by atoms with Crippen LogP contribution in [0.5, 0.6) is 0 Å². The maximum Gasteiger partial charge on any atom is 0.237 e. The van der Waals surface area contributed by atoms with E-state index in [4.69, 9.17) is 22.7 Å². The van der Waals surface area contributed by atoms with Gasteiger partial charge in [0.15, 0.2) is 5.96 Å². The van der Waals surface area contributed by atoms with Gasteiger partial charge in [-0.2, -0.15) is 0 Å². The first-order chi connectivity index (χ1) is 9.51. The third kappa shape index (κ3) is 9.25. The van der Waals surface area contributed by atoms with Crippen LogP contribution in [-0.4, -0.2) is 43.3 Å². The molecule has 116 valence electrons. The van der Waals surface area contributed by atoms with Gasteiger partial charge in [-0.05, 0) is 25.7 Å². The lowest BCUT2D eigenvalue weighted by Gasteiger charge is -2.16. The number of hydrazine groups is 1. The fraction of sp³-hybridized carbons (Fsp3) is 0.727. The number of nitrogens with one attached hydrogen (secondary N) is 4. The highest BCUT2D eigenvalue weighted by molar-refractivity contribution is 5.84. The number of guanidine groups is 1. The largest absolute Gasteiger partial charge is 0.370 e. The molecule has 0 saturated carbocycles. The number of carbonyl (C=O) groups excluding carboxylic acids is 2. The molecule has 10 N–H and O–H groups in total. The standard InChI is InChI=1S/C11H25N7O2/c12-9(4-2-5-16-11(13)14)10(20)18-8(7-19)3-1-6-17-15/h7-9,17H,1-6,12,15H2,(H,18,20)(H4,13,14,16)/t8-,9-/m1/s1. The minimum absolute atomic E-state index is 0.113. The summed E-state index contributed by atoms with van der Waals surface area (Å²) < 4.78 is 0.